The van der Waals surface area contributed by atoms with E-state index in [0.717, 1.165) is 5.57 Å². The highest BCUT2D eigenvalue weighted by Crippen LogP contribution is 2.21. The van der Waals surface area contributed by atoms with Crippen LogP contribution in [0.5, 0.6) is 0 Å². The highest BCUT2D eigenvalue weighted by Gasteiger charge is 2.20. The fourth-order valence-electron chi connectivity index (χ4n) is 0.739. The molecule has 0 amide bonds. The molecule has 0 aromatic heterocycles. The van der Waals surface area contributed by atoms with Gasteiger partial charge < -0.3 is 5.73 Å². The molecule has 0 saturated heterocycles. The van der Waals surface area contributed by atoms with Gasteiger partial charge in [0.05, 0.1) is 0 Å². The van der Waals surface area contributed by atoms with E-state index < -0.39 is 0 Å². The van der Waals surface area contributed by atoms with Gasteiger partial charge in [0.2, 0.25) is 0 Å². The molecule has 1 nitrogen and oxygen atoms in total. The second kappa shape index (κ2) is 2.53. The van der Waals surface area contributed by atoms with E-state index in [2.05, 4.69) is 27.4 Å². The van der Waals surface area contributed by atoms with E-state index in [9.17, 15) is 0 Å². The molecular weight excluding hydrogens is 110 g/mol. The molecule has 0 saturated carbocycles. The van der Waals surface area contributed by atoms with Crippen molar-refractivity contribution in [1.29, 1.82) is 0 Å². The van der Waals surface area contributed by atoms with Crippen molar-refractivity contribution >= 4 is 0 Å². The summed E-state index contributed by atoms with van der Waals surface area (Å²) >= 11 is 0. The number of hydrogen-bond acceptors (Lipinski definition) is 1. The average molecular weight is 127 g/mol. The first-order valence-corrected chi connectivity index (χ1v) is 3.26. The van der Waals surface area contributed by atoms with E-state index >= 15 is 0 Å². The summed E-state index contributed by atoms with van der Waals surface area (Å²) in [6, 6.07) is 0.123. The van der Waals surface area contributed by atoms with Crippen LogP contribution in [-0.2, 0) is 0 Å². The summed E-state index contributed by atoms with van der Waals surface area (Å²) in [5.41, 5.74) is 7.01. The van der Waals surface area contributed by atoms with Crippen molar-refractivity contribution in [1.82, 2.24) is 0 Å². The Morgan fingerprint density at radius 1 is 1.44 bits per heavy atom. The summed E-state index contributed by atoms with van der Waals surface area (Å²) < 4.78 is 0. The molecular formula is C8H17N. The van der Waals surface area contributed by atoms with Crippen LogP contribution >= 0.6 is 0 Å². The third kappa shape index (κ3) is 2.66. The van der Waals surface area contributed by atoms with E-state index in [1.54, 1.807) is 0 Å². The summed E-state index contributed by atoms with van der Waals surface area (Å²) in [5.74, 6) is 0. The Balaban J connectivity index is 4.04. The summed E-state index contributed by atoms with van der Waals surface area (Å²) in [4.78, 5) is 0. The third-order valence-electron chi connectivity index (χ3n) is 1.46. The van der Waals surface area contributed by atoms with Crippen LogP contribution < -0.4 is 5.73 Å². The summed E-state index contributed by atoms with van der Waals surface area (Å²) in [6.07, 6.45) is 0. The van der Waals surface area contributed by atoms with Gasteiger partial charge in [-0.1, -0.05) is 32.9 Å². The smallest absolute Gasteiger partial charge is 0.0297 e. The Kier molecular flexibility index (Phi) is 2.44. The molecule has 0 aliphatic rings. The van der Waals surface area contributed by atoms with Crippen LogP contribution in [0.3, 0.4) is 0 Å². The molecule has 0 heterocycles. The predicted octanol–water partition coefficient (Wildman–Crippen LogP) is 1.94. The molecule has 0 radical (unpaired) electrons. The Bertz CT molecular complexity index is 108. The van der Waals surface area contributed by atoms with E-state index in [4.69, 9.17) is 5.73 Å². The zero-order valence-electron chi connectivity index (χ0n) is 6.86. The highest BCUT2D eigenvalue weighted by molar-refractivity contribution is 5.04. The maximum Gasteiger partial charge on any atom is 0.0297 e. The second-order valence-corrected chi connectivity index (χ2v) is 3.69. The van der Waals surface area contributed by atoms with Crippen molar-refractivity contribution in [2.24, 2.45) is 11.1 Å². The lowest BCUT2D eigenvalue weighted by molar-refractivity contribution is 0.354. The molecule has 0 bridgehead atoms. The molecule has 0 spiro atoms. The molecule has 0 aromatic rings. The molecule has 9 heavy (non-hydrogen) atoms. The number of nitrogens with two attached hydrogens (primary N) is 1. The van der Waals surface area contributed by atoms with Gasteiger partial charge in [-0.3, -0.25) is 0 Å². The first kappa shape index (κ1) is 8.70. The van der Waals surface area contributed by atoms with E-state index in [-0.39, 0.29) is 11.5 Å². The molecule has 1 heteroatoms. The van der Waals surface area contributed by atoms with Gasteiger partial charge >= 0.3 is 0 Å². The van der Waals surface area contributed by atoms with E-state index in [0.29, 0.717) is 0 Å². The van der Waals surface area contributed by atoms with Crippen molar-refractivity contribution in [2.45, 2.75) is 33.7 Å². The molecule has 0 aliphatic heterocycles. The van der Waals surface area contributed by atoms with Crippen molar-refractivity contribution in [3.63, 3.8) is 0 Å². The molecule has 1 unspecified atom stereocenters. The minimum Gasteiger partial charge on any atom is -0.324 e. The highest BCUT2D eigenvalue weighted by atomic mass is 14.7. The quantitative estimate of drug-likeness (QED) is 0.535. The zero-order valence-corrected chi connectivity index (χ0v) is 6.86. The molecule has 0 fully saturated rings. The first-order chi connectivity index (χ1) is 3.85. The Morgan fingerprint density at radius 2 is 1.78 bits per heavy atom. The average Bonchev–Trinajstić information content (AvgIpc) is 1.62. The van der Waals surface area contributed by atoms with Crippen LogP contribution in [0.2, 0.25) is 0 Å². The summed E-state index contributed by atoms with van der Waals surface area (Å²) in [6.45, 7) is 12.1. The van der Waals surface area contributed by atoms with Crippen LogP contribution in [0.15, 0.2) is 12.2 Å². The molecule has 1 atom stereocenters. The zero-order chi connectivity index (χ0) is 7.65. The van der Waals surface area contributed by atoms with Crippen molar-refractivity contribution in [3.05, 3.63) is 12.2 Å². The summed E-state index contributed by atoms with van der Waals surface area (Å²) in [5, 5.41) is 0. The van der Waals surface area contributed by atoms with Crippen molar-refractivity contribution < 1.29 is 0 Å². The normalized spacial score (nSPS) is 15.2. The van der Waals surface area contributed by atoms with Gasteiger partial charge in [-0.25, -0.2) is 0 Å². The predicted molar refractivity (Wildman–Crippen MR) is 42.2 cm³/mol. The minimum atomic E-state index is 0.123. The van der Waals surface area contributed by atoms with E-state index in [1.807, 2.05) is 6.92 Å². The van der Waals surface area contributed by atoms with Gasteiger partial charge in [0.1, 0.15) is 0 Å². The van der Waals surface area contributed by atoms with Crippen LogP contribution in [0, 0.1) is 5.41 Å². The maximum atomic E-state index is 5.79. The lowest BCUT2D eigenvalue weighted by atomic mass is 9.84. The van der Waals surface area contributed by atoms with Gasteiger partial charge in [-0.15, -0.1) is 0 Å². The maximum absolute atomic E-state index is 5.79. The van der Waals surface area contributed by atoms with E-state index in [1.165, 1.54) is 0 Å². The van der Waals surface area contributed by atoms with Crippen molar-refractivity contribution in [3.8, 4) is 0 Å². The fraction of sp³-hybridized carbons (Fsp3) is 0.750. The van der Waals surface area contributed by atoms with Crippen LogP contribution in [0.1, 0.15) is 27.7 Å². The topological polar surface area (TPSA) is 26.0 Å². The minimum absolute atomic E-state index is 0.123. The number of hydrogen-bond donors (Lipinski definition) is 1. The van der Waals surface area contributed by atoms with Crippen LogP contribution in [0.25, 0.3) is 0 Å². The van der Waals surface area contributed by atoms with Crippen LogP contribution in [-0.4, -0.2) is 6.04 Å². The lowest BCUT2D eigenvalue weighted by Gasteiger charge is -2.27. The van der Waals surface area contributed by atoms with Gasteiger partial charge in [-0.2, -0.15) is 0 Å². The summed E-state index contributed by atoms with van der Waals surface area (Å²) in [7, 11) is 0. The molecule has 0 aromatic carbocycles. The Labute approximate surface area is 57.9 Å². The molecule has 0 aliphatic carbocycles. The first-order valence-electron chi connectivity index (χ1n) is 3.26. The van der Waals surface area contributed by atoms with Gasteiger partial charge in [-0.05, 0) is 12.3 Å². The van der Waals surface area contributed by atoms with Crippen LogP contribution in [0.4, 0.5) is 0 Å². The second-order valence-electron chi connectivity index (χ2n) is 3.69. The van der Waals surface area contributed by atoms with Gasteiger partial charge in [0, 0.05) is 6.04 Å². The molecule has 2 N–H and O–H groups in total. The molecule has 54 valence electrons. The SMILES string of the molecule is C=C(C)C(N)C(C)(C)C. The number of rotatable bonds is 1. The lowest BCUT2D eigenvalue weighted by Crippen LogP contribution is -2.35. The Morgan fingerprint density at radius 3 is 1.78 bits per heavy atom. The van der Waals surface area contributed by atoms with Crippen molar-refractivity contribution in [2.75, 3.05) is 0 Å². The van der Waals surface area contributed by atoms with Gasteiger partial charge in [0.25, 0.3) is 0 Å². The standard InChI is InChI=1S/C8H17N/c1-6(2)7(9)8(3,4)5/h7H,1,9H2,2-5H3. The fourth-order valence-corrected chi connectivity index (χ4v) is 0.739. The molecule has 0 rings (SSSR count). The largest absolute Gasteiger partial charge is 0.324 e. The Hall–Kier alpha value is -0.300. The monoisotopic (exact) mass is 127 g/mol. The third-order valence-corrected chi connectivity index (χ3v) is 1.46. The van der Waals surface area contributed by atoms with Gasteiger partial charge in [0.15, 0.2) is 0 Å².